The number of rotatable bonds is 2. The number of carboxylic acids is 1. The van der Waals surface area contributed by atoms with Crippen LogP contribution in [0.5, 0.6) is 0 Å². The van der Waals surface area contributed by atoms with Gasteiger partial charge in [0.05, 0.1) is 5.56 Å². The number of carbonyl (C=O) groups is 1. The van der Waals surface area contributed by atoms with Crippen LogP contribution in [0.15, 0.2) is 16.7 Å². The first-order chi connectivity index (χ1) is 8.41. The van der Waals surface area contributed by atoms with E-state index >= 15 is 0 Å². The maximum absolute atomic E-state index is 13.3. The Morgan fingerprint density at radius 1 is 1.11 bits per heavy atom. The topological polar surface area (TPSA) is 63.3 Å². The number of hydrogen-bond acceptors (Lipinski definition) is 3. The summed E-state index contributed by atoms with van der Waals surface area (Å²) in [5.74, 6) is -8.86. The molecule has 0 aliphatic rings. The summed E-state index contributed by atoms with van der Waals surface area (Å²) in [6, 6.07) is 0.690. The fraction of sp³-hybridized carbons (Fsp3) is 0. The number of halogens is 4. The van der Waals surface area contributed by atoms with Crippen molar-refractivity contribution < 1.29 is 32.0 Å². The molecule has 0 amide bonds. The highest BCUT2D eigenvalue weighted by atomic mass is 19.2. The highest BCUT2D eigenvalue weighted by molar-refractivity contribution is 5.85. The quantitative estimate of drug-likeness (QED) is 0.666. The van der Waals surface area contributed by atoms with Gasteiger partial charge in [-0.1, -0.05) is 5.16 Å². The third kappa shape index (κ3) is 1.81. The molecule has 0 atom stereocenters. The largest absolute Gasteiger partial charge is 0.475 e. The first-order valence-electron chi connectivity index (χ1n) is 4.45. The molecule has 0 saturated heterocycles. The third-order valence-corrected chi connectivity index (χ3v) is 2.09. The van der Waals surface area contributed by atoms with E-state index in [2.05, 4.69) is 9.68 Å². The summed E-state index contributed by atoms with van der Waals surface area (Å²) < 4.78 is 56.7. The van der Waals surface area contributed by atoms with Crippen molar-refractivity contribution in [3.63, 3.8) is 0 Å². The SMILES string of the molecule is O=C(O)c1cc(-c2c(F)c(F)cc(F)c2F)no1. The van der Waals surface area contributed by atoms with Crippen molar-refractivity contribution in [1.29, 1.82) is 0 Å². The summed E-state index contributed by atoms with van der Waals surface area (Å²) in [6.45, 7) is 0. The molecule has 1 N–H and O–H groups in total. The summed E-state index contributed by atoms with van der Waals surface area (Å²) in [4.78, 5) is 10.5. The number of aromatic nitrogens is 1. The van der Waals surface area contributed by atoms with E-state index in [1.807, 2.05) is 0 Å². The molecule has 0 aliphatic heterocycles. The smallest absolute Gasteiger partial charge is 0.374 e. The molecule has 1 aromatic heterocycles. The Balaban J connectivity index is 2.66. The molecule has 0 radical (unpaired) electrons. The van der Waals surface area contributed by atoms with Crippen molar-refractivity contribution in [1.82, 2.24) is 5.16 Å². The van der Waals surface area contributed by atoms with E-state index in [9.17, 15) is 22.4 Å². The second kappa shape index (κ2) is 4.13. The van der Waals surface area contributed by atoms with Gasteiger partial charge >= 0.3 is 5.97 Å². The second-order valence-electron chi connectivity index (χ2n) is 3.22. The van der Waals surface area contributed by atoms with Gasteiger partial charge in [0.15, 0.2) is 23.3 Å². The average Bonchev–Trinajstić information content (AvgIpc) is 2.76. The van der Waals surface area contributed by atoms with Crippen LogP contribution in [-0.2, 0) is 0 Å². The first-order valence-corrected chi connectivity index (χ1v) is 4.45. The molecule has 0 fully saturated rings. The Morgan fingerprint density at radius 3 is 2.11 bits per heavy atom. The lowest BCUT2D eigenvalue weighted by Crippen LogP contribution is -1.98. The van der Waals surface area contributed by atoms with Crippen LogP contribution in [0.3, 0.4) is 0 Å². The molecule has 94 valence electrons. The molecule has 0 spiro atoms. The molecular formula is C10H3F4NO3. The van der Waals surface area contributed by atoms with Crippen LogP contribution in [-0.4, -0.2) is 16.2 Å². The third-order valence-electron chi connectivity index (χ3n) is 2.09. The normalized spacial score (nSPS) is 10.7. The number of carboxylic acid groups (broad SMARTS) is 1. The molecule has 0 unspecified atom stereocenters. The number of nitrogens with zero attached hydrogens (tertiary/aromatic N) is 1. The van der Waals surface area contributed by atoms with Crippen molar-refractivity contribution in [2.24, 2.45) is 0 Å². The Labute approximate surface area is 96.4 Å². The molecule has 1 aromatic carbocycles. The van der Waals surface area contributed by atoms with Crippen LogP contribution in [0.2, 0.25) is 0 Å². The van der Waals surface area contributed by atoms with E-state index in [1.54, 1.807) is 0 Å². The average molecular weight is 261 g/mol. The second-order valence-corrected chi connectivity index (χ2v) is 3.22. The molecule has 0 saturated carbocycles. The van der Waals surface area contributed by atoms with Gasteiger partial charge in [-0.3, -0.25) is 0 Å². The van der Waals surface area contributed by atoms with Gasteiger partial charge < -0.3 is 9.63 Å². The zero-order valence-corrected chi connectivity index (χ0v) is 8.38. The first kappa shape index (κ1) is 12.1. The zero-order chi connectivity index (χ0) is 13.4. The van der Waals surface area contributed by atoms with E-state index in [0.717, 1.165) is 0 Å². The Hall–Kier alpha value is -2.38. The molecule has 0 bridgehead atoms. The molecule has 0 aliphatic carbocycles. The molecule has 2 rings (SSSR count). The minimum atomic E-state index is -1.68. The van der Waals surface area contributed by atoms with Crippen molar-refractivity contribution in [2.45, 2.75) is 0 Å². The molecule has 4 nitrogen and oxygen atoms in total. The van der Waals surface area contributed by atoms with Crippen LogP contribution in [0.1, 0.15) is 10.6 Å². The van der Waals surface area contributed by atoms with E-state index in [-0.39, 0.29) is 6.07 Å². The Morgan fingerprint density at radius 2 is 1.67 bits per heavy atom. The molecular weight excluding hydrogens is 258 g/mol. The van der Waals surface area contributed by atoms with Gasteiger partial charge in [-0.05, 0) is 0 Å². The molecule has 8 heteroatoms. The summed E-state index contributed by atoms with van der Waals surface area (Å²) >= 11 is 0. The summed E-state index contributed by atoms with van der Waals surface area (Å²) in [7, 11) is 0. The van der Waals surface area contributed by atoms with E-state index in [1.165, 1.54) is 0 Å². The van der Waals surface area contributed by atoms with Crippen molar-refractivity contribution >= 4 is 5.97 Å². The summed E-state index contributed by atoms with van der Waals surface area (Å²) in [5.41, 5.74) is -1.77. The molecule has 2 aromatic rings. The van der Waals surface area contributed by atoms with Crippen molar-refractivity contribution in [2.75, 3.05) is 0 Å². The van der Waals surface area contributed by atoms with Gasteiger partial charge in [-0.2, -0.15) is 0 Å². The van der Waals surface area contributed by atoms with Gasteiger partial charge in [0.2, 0.25) is 5.76 Å². The highest BCUT2D eigenvalue weighted by Crippen LogP contribution is 2.29. The highest BCUT2D eigenvalue weighted by Gasteiger charge is 2.24. The monoisotopic (exact) mass is 261 g/mol. The Bertz CT molecular complexity index is 612. The van der Waals surface area contributed by atoms with Gasteiger partial charge in [0, 0.05) is 12.1 Å². The van der Waals surface area contributed by atoms with Gasteiger partial charge in [0.1, 0.15) is 5.69 Å². The summed E-state index contributed by atoms with van der Waals surface area (Å²) in [6.07, 6.45) is 0. The maximum atomic E-state index is 13.3. The lowest BCUT2D eigenvalue weighted by atomic mass is 10.1. The predicted octanol–water partition coefficient (Wildman–Crippen LogP) is 2.60. The minimum Gasteiger partial charge on any atom is -0.475 e. The Kier molecular flexibility index (Phi) is 2.77. The van der Waals surface area contributed by atoms with E-state index < -0.39 is 46.3 Å². The van der Waals surface area contributed by atoms with Gasteiger partial charge in [-0.15, -0.1) is 0 Å². The predicted molar refractivity (Wildman–Crippen MR) is 48.7 cm³/mol. The fourth-order valence-corrected chi connectivity index (χ4v) is 1.29. The number of hydrogen-bond donors (Lipinski definition) is 1. The standard InChI is InChI=1S/C10H3F4NO3/c11-3-1-4(12)9(14)7(8(3)13)5-2-6(10(16)17)18-15-5/h1-2H,(H,16,17). The molecule has 1 heterocycles. The van der Waals surface area contributed by atoms with Crippen LogP contribution < -0.4 is 0 Å². The van der Waals surface area contributed by atoms with Crippen LogP contribution in [0.4, 0.5) is 17.6 Å². The maximum Gasteiger partial charge on any atom is 0.374 e. The van der Waals surface area contributed by atoms with Crippen LogP contribution >= 0.6 is 0 Å². The van der Waals surface area contributed by atoms with Crippen LogP contribution in [0.25, 0.3) is 11.3 Å². The zero-order valence-electron chi connectivity index (χ0n) is 8.38. The fourth-order valence-electron chi connectivity index (χ4n) is 1.29. The molecule has 18 heavy (non-hydrogen) atoms. The van der Waals surface area contributed by atoms with Gasteiger partial charge in [0.25, 0.3) is 0 Å². The van der Waals surface area contributed by atoms with Gasteiger partial charge in [-0.25, -0.2) is 22.4 Å². The number of benzene rings is 1. The van der Waals surface area contributed by atoms with Crippen molar-refractivity contribution in [3.8, 4) is 11.3 Å². The van der Waals surface area contributed by atoms with Crippen molar-refractivity contribution in [3.05, 3.63) is 41.2 Å². The van der Waals surface area contributed by atoms with E-state index in [4.69, 9.17) is 5.11 Å². The number of aromatic carboxylic acids is 1. The van der Waals surface area contributed by atoms with Crippen LogP contribution in [0, 0.1) is 23.3 Å². The lowest BCUT2D eigenvalue weighted by molar-refractivity contribution is 0.0652. The minimum absolute atomic E-state index is 0.0341. The van der Waals surface area contributed by atoms with E-state index in [0.29, 0.717) is 6.07 Å². The summed E-state index contributed by atoms with van der Waals surface area (Å²) in [5, 5.41) is 11.6. The lowest BCUT2D eigenvalue weighted by Gasteiger charge is -2.02.